The summed E-state index contributed by atoms with van der Waals surface area (Å²) in [5.41, 5.74) is 1.89. The van der Waals surface area contributed by atoms with Gasteiger partial charge in [-0.25, -0.2) is 4.39 Å². The molecule has 0 fully saturated rings. The van der Waals surface area contributed by atoms with Gasteiger partial charge in [0.15, 0.2) is 0 Å². The van der Waals surface area contributed by atoms with E-state index in [1.165, 1.54) is 12.1 Å². The molecule has 92 valence electrons. The zero-order chi connectivity index (χ0) is 13.0. The van der Waals surface area contributed by atoms with Gasteiger partial charge >= 0.3 is 0 Å². The molecule has 0 aliphatic heterocycles. The molecule has 0 heterocycles. The second kappa shape index (κ2) is 5.94. The van der Waals surface area contributed by atoms with Crippen molar-refractivity contribution in [3.8, 4) is 0 Å². The standard InChI is InChI=1S/C14H11ClFNS/c15-12-5-1-10(2-6-12)9-17-14(18)11-3-7-13(16)8-4-11/h1-8H,9H2,(H,17,18). The minimum Gasteiger partial charge on any atom is -0.372 e. The van der Waals surface area contributed by atoms with Crippen molar-refractivity contribution in [1.82, 2.24) is 5.32 Å². The SMILES string of the molecule is Fc1ccc(C(=S)NCc2ccc(Cl)cc2)cc1. The molecular weight excluding hydrogens is 269 g/mol. The van der Waals surface area contributed by atoms with E-state index in [9.17, 15) is 4.39 Å². The Morgan fingerprint density at radius 1 is 1.06 bits per heavy atom. The van der Waals surface area contributed by atoms with Crippen LogP contribution in [0.1, 0.15) is 11.1 Å². The highest BCUT2D eigenvalue weighted by molar-refractivity contribution is 7.80. The molecule has 18 heavy (non-hydrogen) atoms. The van der Waals surface area contributed by atoms with Gasteiger partial charge in [-0.05, 0) is 42.0 Å². The van der Waals surface area contributed by atoms with Gasteiger partial charge in [-0.3, -0.25) is 0 Å². The fraction of sp³-hybridized carbons (Fsp3) is 0.0714. The Hall–Kier alpha value is -1.45. The molecule has 4 heteroatoms. The Balaban J connectivity index is 1.96. The molecule has 1 N–H and O–H groups in total. The molecule has 0 saturated carbocycles. The highest BCUT2D eigenvalue weighted by atomic mass is 35.5. The van der Waals surface area contributed by atoms with E-state index in [1.807, 2.05) is 24.3 Å². The molecule has 0 radical (unpaired) electrons. The fourth-order valence-electron chi connectivity index (χ4n) is 1.49. The van der Waals surface area contributed by atoms with Crippen LogP contribution in [-0.4, -0.2) is 4.99 Å². The van der Waals surface area contributed by atoms with Gasteiger partial charge in [0.2, 0.25) is 0 Å². The van der Waals surface area contributed by atoms with Crippen LogP contribution < -0.4 is 5.32 Å². The monoisotopic (exact) mass is 279 g/mol. The van der Waals surface area contributed by atoms with Crippen molar-refractivity contribution in [3.05, 3.63) is 70.5 Å². The smallest absolute Gasteiger partial charge is 0.123 e. The van der Waals surface area contributed by atoms with E-state index in [0.29, 0.717) is 16.6 Å². The van der Waals surface area contributed by atoms with E-state index in [-0.39, 0.29) is 5.82 Å². The fourth-order valence-corrected chi connectivity index (χ4v) is 1.82. The first-order valence-corrected chi connectivity index (χ1v) is 6.22. The average Bonchev–Trinajstić information content (AvgIpc) is 2.38. The molecule has 0 aromatic heterocycles. The summed E-state index contributed by atoms with van der Waals surface area (Å²) >= 11 is 11.0. The first-order chi connectivity index (χ1) is 8.65. The van der Waals surface area contributed by atoms with Gasteiger partial charge in [-0.2, -0.15) is 0 Å². The molecule has 2 rings (SSSR count). The molecular formula is C14H11ClFNS. The summed E-state index contributed by atoms with van der Waals surface area (Å²) in [6, 6.07) is 13.6. The van der Waals surface area contributed by atoms with Crippen LogP contribution >= 0.6 is 23.8 Å². The summed E-state index contributed by atoms with van der Waals surface area (Å²) in [6.07, 6.45) is 0. The summed E-state index contributed by atoms with van der Waals surface area (Å²) in [5.74, 6) is -0.265. The Bertz CT molecular complexity index is 537. The maximum absolute atomic E-state index is 12.8. The number of benzene rings is 2. The van der Waals surface area contributed by atoms with E-state index in [4.69, 9.17) is 23.8 Å². The largest absolute Gasteiger partial charge is 0.372 e. The van der Waals surface area contributed by atoms with Crippen LogP contribution in [0.3, 0.4) is 0 Å². The van der Waals surface area contributed by atoms with Gasteiger partial charge < -0.3 is 5.32 Å². The normalized spacial score (nSPS) is 10.1. The maximum Gasteiger partial charge on any atom is 0.123 e. The van der Waals surface area contributed by atoms with Crippen molar-refractivity contribution >= 4 is 28.8 Å². The topological polar surface area (TPSA) is 12.0 Å². The number of nitrogens with one attached hydrogen (secondary N) is 1. The first-order valence-electron chi connectivity index (χ1n) is 5.43. The van der Waals surface area contributed by atoms with Crippen LogP contribution in [0, 0.1) is 5.82 Å². The summed E-state index contributed by atoms with van der Waals surface area (Å²) in [6.45, 7) is 0.618. The highest BCUT2D eigenvalue weighted by Gasteiger charge is 2.01. The number of halogens is 2. The van der Waals surface area contributed by atoms with Crippen molar-refractivity contribution < 1.29 is 4.39 Å². The second-order valence-electron chi connectivity index (χ2n) is 3.82. The first kappa shape index (κ1) is 13.0. The van der Waals surface area contributed by atoms with Gasteiger partial charge in [0.25, 0.3) is 0 Å². The van der Waals surface area contributed by atoms with Gasteiger partial charge in [0.05, 0.1) is 0 Å². The zero-order valence-electron chi connectivity index (χ0n) is 9.49. The Morgan fingerprint density at radius 3 is 2.28 bits per heavy atom. The minimum absolute atomic E-state index is 0.265. The van der Waals surface area contributed by atoms with Crippen LogP contribution in [0.2, 0.25) is 5.02 Å². The summed E-state index contributed by atoms with van der Waals surface area (Å²) < 4.78 is 12.8. The number of thiocarbonyl (C=S) groups is 1. The lowest BCUT2D eigenvalue weighted by molar-refractivity contribution is 0.627. The Labute approximate surface area is 116 Å². The van der Waals surface area contributed by atoms with Crippen molar-refractivity contribution in [3.63, 3.8) is 0 Å². The van der Waals surface area contributed by atoms with Crippen molar-refractivity contribution in [2.24, 2.45) is 0 Å². The number of hydrogen-bond donors (Lipinski definition) is 1. The molecule has 0 bridgehead atoms. The third kappa shape index (κ3) is 3.52. The lowest BCUT2D eigenvalue weighted by atomic mass is 10.2. The Morgan fingerprint density at radius 2 is 1.67 bits per heavy atom. The van der Waals surface area contributed by atoms with E-state index in [0.717, 1.165) is 11.1 Å². The zero-order valence-corrected chi connectivity index (χ0v) is 11.1. The molecule has 0 aliphatic rings. The van der Waals surface area contributed by atoms with Crippen LogP contribution in [0.15, 0.2) is 48.5 Å². The van der Waals surface area contributed by atoms with E-state index in [2.05, 4.69) is 5.32 Å². The van der Waals surface area contributed by atoms with Gasteiger partial charge in [0.1, 0.15) is 10.8 Å². The molecule has 0 atom stereocenters. The highest BCUT2D eigenvalue weighted by Crippen LogP contribution is 2.10. The van der Waals surface area contributed by atoms with Gasteiger partial charge in [0, 0.05) is 17.1 Å². The summed E-state index contributed by atoms with van der Waals surface area (Å²) in [4.78, 5) is 0.602. The van der Waals surface area contributed by atoms with Gasteiger partial charge in [-0.1, -0.05) is 36.0 Å². The lowest BCUT2D eigenvalue weighted by Gasteiger charge is -2.08. The molecule has 0 saturated heterocycles. The number of hydrogen-bond acceptors (Lipinski definition) is 1. The molecule has 2 aromatic carbocycles. The quantitative estimate of drug-likeness (QED) is 0.854. The van der Waals surface area contributed by atoms with Crippen LogP contribution in [-0.2, 0) is 6.54 Å². The van der Waals surface area contributed by atoms with Crippen LogP contribution in [0.4, 0.5) is 4.39 Å². The van der Waals surface area contributed by atoms with E-state index < -0.39 is 0 Å². The summed E-state index contributed by atoms with van der Waals surface area (Å²) in [7, 11) is 0. The number of rotatable bonds is 3. The molecule has 0 spiro atoms. The van der Waals surface area contributed by atoms with Gasteiger partial charge in [-0.15, -0.1) is 0 Å². The van der Waals surface area contributed by atoms with Crippen molar-refractivity contribution in [1.29, 1.82) is 0 Å². The van der Waals surface area contributed by atoms with Crippen molar-refractivity contribution in [2.45, 2.75) is 6.54 Å². The predicted molar refractivity (Wildman–Crippen MR) is 76.4 cm³/mol. The van der Waals surface area contributed by atoms with Crippen molar-refractivity contribution in [2.75, 3.05) is 0 Å². The molecule has 0 aliphatic carbocycles. The second-order valence-corrected chi connectivity index (χ2v) is 4.66. The van der Waals surface area contributed by atoms with Crippen LogP contribution in [0.5, 0.6) is 0 Å². The molecule has 0 amide bonds. The van der Waals surface area contributed by atoms with E-state index in [1.54, 1.807) is 12.1 Å². The molecule has 2 aromatic rings. The van der Waals surface area contributed by atoms with Crippen LogP contribution in [0.25, 0.3) is 0 Å². The third-order valence-corrected chi connectivity index (χ3v) is 3.10. The molecule has 1 nitrogen and oxygen atoms in total. The van der Waals surface area contributed by atoms with E-state index >= 15 is 0 Å². The average molecular weight is 280 g/mol. The minimum atomic E-state index is -0.265. The summed E-state index contributed by atoms with van der Waals surface area (Å²) in [5, 5.41) is 3.83. The lowest BCUT2D eigenvalue weighted by Crippen LogP contribution is -2.21. The maximum atomic E-state index is 12.8. The third-order valence-electron chi connectivity index (χ3n) is 2.47. The Kier molecular flexibility index (Phi) is 4.28. The predicted octanol–water partition coefficient (Wildman–Crippen LogP) is 3.94. The molecule has 0 unspecified atom stereocenters.